The summed E-state index contributed by atoms with van der Waals surface area (Å²) in [5.41, 5.74) is 0.757. The maximum Gasteiger partial charge on any atom is 0.426 e. The van der Waals surface area contributed by atoms with E-state index >= 15 is 0 Å². The Morgan fingerprint density at radius 3 is 2.68 bits per heavy atom. The first-order valence-corrected chi connectivity index (χ1v) is 10.1. The number of rotatable bonds is 6. The van der Waals surface area contributed by atoms with Gasteiger partial charge in [0.1, 0.15) is 4.21 Å². The van der Waals surface area contributed by atoms with E-state index in [2.05, 4.69) is 9.14 Å². The number of oxazole rings is 1. The number of benzene rings is 1. The number of nitrogens with zero attached hydrogens (tertiary/aromatic N) is 1. The highest BCUT2D eigenvalue weighted by Gasteiger charge is 2.20. The van der Waals surface area contributed by atoms with Gasteiger partial charge in [0, 0.05) is 17.8 Å². The molecular weight excluding hydrogens is 408 g/mol. The third kappa shape index (κ3) is 3.62. The highest BCUT2D eigenvalue weighted by Crippen LogP contribution is 2.39. The zero-order chi connectivity index (χ0) is 20.5. The summed E-state index contributed by atoms with van der Waals surface area (Å²) in [6.07, 6.45) is 3.37. The summed E-state index contributed by atoms with van der Waals surface area (Å²) in [5.74, 6) is -1.49. The number of methoxy groups -OCH3 is 1. The Morgan fingerprint density at radius 1 is 1.36 bits per heavy atom. The summed E-state index contributed by atoms with van der Waals surface area (Å²) in [6.45, 7) is 1.59. The molecule has 0 amide bonds. The molecule has 0 aliphatic heterocycles. The summed E-state index contributed by atoms with van der Waals surface area (Å²) >= 11 is 1.06. The molecule has 0 bridgehead atoms. The third-order valence-electron chi connectivity index (χ3n) is 3.90. The van der Waals surface area contributed by atoms with Crippen LogP contribution in [0.15, 0.2) is 43.3 Å². The molecule has 3 N–H and O–H groups in total. The SMILES string of the molecule is COc1cc(NS(=O)(=O)c2cccs2)c(C)c(C=Cn2c(O)coc2=O)c1O. The van der Waals surface area contributed by atoms with Crippen LogP contribution in [0.2, 0.25) is 0 Å². The molecule has 0 saturated heterocycles. The van der Waals surface area contributed by atoms with Crippen LogP contribution in [0.4, 0.5) is 5.69 Å². The van der Waals surface area contributed by atoms with Gasteiger partial charge in [0.2, 0.25) is 5.88 Å². The molecule has 2 aromatic heterocycles. The summed E-state index contributed by atoms with van der Waals surface area (Å²) in [7, 11) is -2.50. The van der Waals surface area contributed by atoms with Gasteiger partial charge >= 0.3 is 5.76 Å². The summed E-state index contributed by atoms with van der Waals surface area (Å²) < 4.78 is 38.1. The quantitative estimate of drug-likeness (QED) is 0.519. The molecule has 0 atom stereocenters. The Morgan fingerprint density at radius 2 is 2.11 bits per heavy atom. The van der Waals surface area contributed by atoms with Crippen LogP contribution in [-0.2, 0) is 10.0 Å². The van der Waals surface area contributed by atoms with E-state index in [1.807, 2.05) is 0 Å². The van der Waals surface area contributed by atoms with Gasteiger partial charge in [-0.2, -0.15) is 0 Å². The number of ether oxygens (including phenoxy) is 1. The van der Waals surface area contributed by atoms with E-state index in [1.54, 1.807) is 18.4 Å². The van der Waals surface area contributed by atoms with Crippen molar-refractivity contribution in [2.45, 2.75) is 11.1 Å². The van der Waals surface area contributed by atoms with Crippen molar-refractivity contribution >= 4 is 39.3 Å². The lowest BCUT2D eigenvalue weighted by atomic mass is 10.0. The van der Waals surface area contributed by atoms with Gasteiger partial charge in [-0.15, -0.1) is 11.3 Å². The van der Waals surface area contributed by atoms with Crippen molar-refractivity contribution in [1.29, 1.82) is 0 Å². The van der Waals surface area contributed by atoms with Gasteiger partial charge in [-0.25, -0.2) is 17.8 Å². The Hall–Kier alpha value is -3.18. The molecule has 0 spiro atoms. The van der Waals surface area contributed by atoms with Crippen LogP contribution in [0.5, 0.6) is 17.4 Å². The minimum absolute atomic E-state index is 0.0258. The van der Waals surface area contributed by atoms with E-state index in [9.17, 15) is 23.4 Å². The highest BCUT2D eigenvalue weighted by molar-refractivity contribution is 7.94. The van der Waals surface area contributed by atoms with Crippen molar-refractivity contribution in [2.24, 2.45) is 0 Å². The largest absolute Gasteiger partial charge is 0.504 e. The molecular formula is C17H16N2O7S2. The van der Waals surface area contributed by atoms with Crippen LogP contribution < -0.4 is 15.2 Å². The predicted molar refractivity (Wildman–Crippen MR) is 104 cm³/mol. The molecule has 1 aromatic carbocycles. The second kappa shape index (κ2) is 7.44. The van der Waals surface area contributed by atoms with Gasteiger partial charge in [-0.05, 0) is 30.0 Å². The molecule has 3 aromatic rings. The van der Waals surface area contributed by atoms with E-state index in [0.717, 1.165) is 22.2 Å². The van der Waals surface area contributed by atoms with Crippen molar-refractivity contribution in [3.05, 3.63) is 51.5 Å². The molecule has 0 unspecified atom stereocenters. The van der Waals surface area contributed by atoms with E-state index < -0.39 is 21.7 Å². The van der Waals surface area contributed by atoms with Crippen molar-refractivity contribution < 1.29 is 27.8 Å². The number of phenols is 1. The van der Waals surface area contributed by atoms with Crippen molar-refractivity contribution in [3.8, 4) is 17.4 Å². The number of anilines is 1. The van der Waals surface area contributed by atoms with E-state index in [-0.39, 0.29) is 27.0 Å². The molecule has 0 aliphatic rings. The average molecular weight is 424 g/mol. The summed E-state index contributed by atoms with van der Waals surface area (Å²) in [5, 5.41) is 21.7. The number of aromatic hydroxyl groups is 2. The zero-order valence-corrected chi connectivity index (χ0v) is 16.4. The van der Waals surface area contributed by atoms with Gasteiger partial charge in [0.15, 0.2) is 17.8 Å². The van der Waals surface area contributed by atoms with Crippen LogP contribution in [-0.4, -0.2) is 30.3 Å². The molecule has 148 valence electrons. The number of aromatic nitrogens is 1. The van der Waals surface area contributed by atoms with E-state index in [4.69, 9.17) is 4.74 Å². The van der Waals surface area contributed by atoms with Crippen molar-refractivity contribution in [1.82, 2.24) is 4.57 Å². The zero-order valence-electron chi connectivity index (χ0n) is 14.7. The number of hydrogen-bond acceptors (Lipinski definition) is 8. The van der Waals surface area contributed by atoms with Crippen LogP contribution in [0.25, 0.3) is 12.3 Å². The first-order valence-electron chi connectivity index (χ1n) is 7.78. The molecule has 0 saturated carbocycles. The van der Waals surface area contributed by atoms with Gasteiger partial charge in [-0.3, -0.25) is 4.72 Å². The van der Waals surface area contributed by atoms with Gasteiger partial charge in [0.05, 0.1) is 12.8 Å². The number of hydrogen-bond donors (Lipinski definition) is 3. The molecule has 0 aliphatic carbocycles. The second-order valence-corrected chi connectivity index (χ2v) is 8.45. The molecule has 2 heterocycles. The number of thiophene rings is 1. The number of nitrogens with one attached hydrogen (secondary N) is 1. The Balaban J connectivity index is 2.08. The molecule has 28 heavy (non-hydrogen) atoms. The van der Waals surface area contributed by atoms with Crippen LogP contribution >= 0.6 is 11.3 Å². The highest BCUT2D eigenvalue weighted by atomic mass is 32.2. The Labute approximate surface area is 163 Å². The molecule has 0 radical (unpaired) electrons. The average Bonchev–Trinajstić information content (AvgIpc) is 3.29. The first-order chi connectivity index (χ1) is 13.2. The molecule has 11 heteroatoms. The number of phenolic OH excluding ortho intramolecular Hbond substituents is 1. The lowest BCUT2D eigenvalue weighted by Crippen LogP contribution is -2.13. The minimum atomic E-state index is -3.82. The number of sulfonamides is 1. The standard InChI is InChI=1S/C17H16N2O7S2/c1-10-11(5-6-19-14(20)9-26-17(19)22)16(21)13(25-2)8-12(10)18-28(23,24)15-4-3-7-27-15/h3-9,18,20-21H,1-2H3. The van der Waals surface area contributed by atoms with Gasteiger partial charge < -0.3 is 19.4 Å². The molecule has 0 fully saturated rings. The van der Waals surface area contributed by atoms with Crippen LogP contribution in [0.1, 0.15) is 11.1 Å². The fraction of sp³-hybridized carbons (Fsp3) is 0.118. The topological polar surface area (TPSA) is 131 Å². The van der Waals surface area contributed by atoms with Crippen molar-refractivity contribution in [3.63, 3.8) is 0 Å². The molecule has 3 rings (SSSR count). The maximum atomic E-state index is 12.5. The smallest absolute Gasteiger partial charge is 0.426 e. The van der Waals surface area contributed by atoms with E-state index in [0.29, 0.717) is 5.56 Å². The predicted octanol–water partition coefficient (Wildman–Crippen LogP) is 2.66. The first kappa shape index (κ1) is 19.6. The van der Waals surface area contributed by atoms with Gasteiger partial charge in [-0.1, -0.05) is 6.07 Å². The third-order valence-corrected chi connectivity index (χ3v) is 6.66. The van der Waals surface area contributed by atoms with E-state index in [1.165, 1.54) is 31.5 Å². The van der Waals surface area contributed by atoms with Crippen molar-refractivity contribution in [2.75, 3.05) is 11.8 Å². The van der Waals surface area contributed by atoms with Crippen LogP contribution in [0, 0.1) is 6.92 Å². The summed E-state index contributed by atoms with van der Waals surface area (Å²) in [6, 6.07) is 4.44. The lowest BCUT2D eigenvalue weighted by Gasteiger charge is -2.15. The normalized spacial score (nSPS) is 11.8. The van der Waals surface area contributed by atoms with Crippen LogP contribution in [0.3, 0.4) is 0 Å². The monoisotopic (exact) mass is 424 g/mol. The lowest BCUT2D eigenvalue weighted by molar-refractivity contribution is 0.373. The Kier molecular flexibility index (Phi) is 5.21. The van der Waals surface area contributed by atoms with Gasteiger partial charge in [0.25, 0.3) is 10.0 Å². The Bertz CT molecular complexity index is 1190. The second-order valence-electron chi connectivity index (χ2n) is 5.60. The summed E-state index contributed by atoms with van der Waals surface area (Å²) in [4.78, 5) is 11.5. The minimum Gasteiger partial charge on any atom is -0.504 e. The maximum absolute atomic E-state index is 12.5. The fourth-order valence-corrected chi connectivity index (χ4v) is 4.54. The fourth-order valence-electron chi connectivity index (χ4n) is 2.44. The molecule has 9 nitrogen and oxygen atoms in total.